The summed E-state index contributed by atoms with van der Waals surface area (Å²) in [5.74, 6) is -5.31. The quantitative estimate of drug-likeness (QED) is 0.150. The van der Waals surface area contributed by atoms with E-state index in [4.69, 9.17) is 9.84 Å². The molecule has 1 aromatic rings. The number of ether oxygens (including phenoxy) is 1. The number of hydrogen-bond acceptors (Lipinski definition) is 8. The first kappa shape index (κ1) is 24.9. The number of imide groups is 1. The monoisotopic (exact) mass is 411 g/mol. The number of carbonyl (C=O) groups excluding carboxylic acids is 2. The minimum atomic E-state index is -3.01. The van der Waals surface area contributed by atoms with Crippen LogP contribution >= 0.6 is 0 Å². The maximum atomic E-state index is 12.5. The van der Waals surface area contributed by atoms with E-state index in [9.17, 15) is 30.0 Å². The van der Waals surface area contributed by atoms with Crippen molar-refractivity contribution >= 4 is 17.9 Å². The molecule has 0 spiro atoms. The number of carbonyl (C=O) groups is 2. The molecule has 6 N–H and O–H groups in total. The minimum Gasteiger partial charge on any atom is -0.394 e. The van der Waals surface area contributed by atoms with E-state index in [1.807, 2.05) is 12.2 Å². The third-order valence-electron chi connectivity index (χ3n) is 4.16. The van der Waals surface area contributed by atoms with E-state index in [1.54, 1.807) is 30.3 Å². The van der Waals surface area contributed by atoms with Gasteiger partial charge >= 0.3 is 0 Å². The van der Waals surface area contributed by atoms with E-state index in [0.29, 0.717) is 18.4 Å². The average Bonchev–Trinajstić information content (AvgIpc) is 2.74. The molecule has 0 saturated heterocycles. The fraction of sp³-hybridized carbons (Fsp3) is 0.500. The van der Waals surface area contributed by atoms with Gasteiger partial charge in [-0.25, -0.2) is 0 Å². The van der Waals surface area contributed by atoms with Crippen LogP contribution in [0.25, 0.3) is 6.08 Å². The molecule has 0 aliphatic heterocycles. The van der Waals surface area contributed by atoms with Gasteiger partial charge in [-0.2, -0.15) is 0 Å². The van der Waals surface area contributed by atoms with Crippen molar-refractivity contribution in [1.82, 2.24) is 5.32 Å². The van der Waals surface area contributed by atoms with Gasteiger partial charge in [0.05, 0.1) is 13.2 Å². The van der Waals surface area contributed by atoms with Gasteiger partial charge in [-0.15, -0.1) is 0 Å². The first-order valence-corrected chi connectivity index (χ1v) is 9.36. The summed E-state index contributed by atoms with van der Waals surface area (Å²) in [7, 11) is 0. The van der Waals surface area contributed by atoms with Crippen LogP contribution in [0.3, 0.4) is 0 Å². The predicted octanol–water partition coefficient (Wildman–Crippen LogP) is -0.687. The van der Waals surface area contributed by atoms with Gasteiger partial charge in [0.1, 0.15) is 18.3 Å². The number of unbranched alkanes of at least 4 members (excludes halogenated alkanes) is 2. The summed E-state index contributed by atoms with van der Waals surface area (Å²) in [5.41, 5.74) is 0.697. The molecule has 0 radical (unpaired) electrons. The van der Waals surface area contributed by atoms with Crippen LogP contribution in [0.4, 0.5) is 0 Å². The normalized spacial score (nSPS) is 16.8. The molecule has 0 bridgehead atoms. The van der Waals surface area contributed by atoms with Crippen LogP contribution in [0.5, 0.6) is 0 Å². The number of hydrogen-bond donors (Lipinski definition) is 6. The van der Waals surface area contributed by atoms with Gasteiger partial charge < -0.3 is 30.3 Å². The Morgan fingerprint density at radius 3 is 2.41 bits per heavy atom. The van der Waals surface area contributed by atoms with Crippen molar-refractivity contribution in [3.63, 3.8) is 0 Å². The lowest BCUT2D eigenvalue weighted by Gasteiger charge is -2.34. The largest absolute Gasteiger partial charge is 0.394 e. The van der Waals surface area contributed by atoms with Crippen LogP contribution in [0.2, 0.25) is 0 Å². The van der Waals surface area contributed by atoms with E-state index in [1.165, 1.54) is 6.08 Å². The van der Waals surface area contributed by atoms with Crippen molar-refractivity contribution in [3.8, 4) is 0 Å². The Kier molecular flexibility index (Phi) is 10.7. The summed E-state index contributed by atoms with van der Waals surface area (Å²) in [4.78, 5) is 24.5. The molecule has 9 nitrogen and oxygen atoms in total. The zero-order chi connectivity index (χ0) is 21.9. The van der Waals surface area contributed by atoms with E-state index >= 15 is 0 Å². The highest BCUT2D eigenvalue weighted by molar-refractivity contribution is 6.05. The van der Waals surface area contributed by atoms with E-state index in [-0.39, 0.29) is 6.61 Å². The van der Waals surface area contributed by atoms with E-state index in [2.05, 4.69) is 0 Å². The second-order valence-corrected chi connectivity index (χ2v) is 6.50. The lowest BCUT2D eigenvalue weighted by atomic mass is 9.99. The van der Waals surface area contributed by atoms with Crippen molar-refractivity contribution < 1.29 is 39.9 Å². The van der Waals surface area contributed by atoms with Gasteiger partial charge in [-0.05, 0) is 18.1 Å². The maximum absolute atomic E-state index is 12.5. The van der Waals surface area contributed by atoms with Crippen LogP contribution in [0.1, 0.15) is 31.7 Å². The Morgan fingerprint density at radius 2 is 1.83 bits per heavy atom. The summed E-state index contributed by atoms with van der Waals surface area (Å²) in [6.45, 7) is 0.849. The molecule has 0 saturated carbocycles. The number of aliphatic hydroxyl groups excluding tert-OH is 4. The Labute approximate surface area is 169 Å². The first-order chi connectivity index (χ1) is 13.8. The molecule has 0 heterocycles. The highest BCUT2D eigenvalue weighted by Gasteiger charge is 2.50. The molecule has 0 aliphatic carbocycles. The number of amides is 2. The van der Waals surface area contributed by atoms with E-state index < -0.39 is 42.5 Å². The molecule has 2 amide bonds. The highest BCUT2D eigenvalue weighted by atomic mass is 16.6. The number of nitrogens with one attached hydrogen (secondary N) is 1. The van der Waals surface area contributed by atoms with Gasteiger partial charge in [-0.1, -0.05) is 50.1 Å². The Hall–Kier alpha value is -2.14. The van der Waals surface area contributed by atoms with Gasteiger partial charge in [0.2, 0.25) is 0 Å². The first-order valence-electron chi connectivity index (χ1n) is 9.36. The van der Waals surface area contributed by atoms with Crippen LogP contribution < -0.4 is 5.32 Å². The summed E-state index contributed by atoms with van der Waals surface area (Å²) < 4.78 is 5.10. The Balaban J connectivity index is 2.90. The van der Waals surface area contributed by atoms with Crippen molar-refractivity contribution in [2.45, 2.75) is 50.3 Å². The number of benzene rings is 1. The predicted molar refractivity (Wildman–Crippen MR) is 104 cm³/mol. The molecule has 0 unspecified atom stereocenters. The molecule has 1 aromatic carbocycles. The molecule has 4 atom stereocenters. The molecule has 0 aromatic heterocycles. The molecule has 162 valence electrons. The molecular weight excluding hydrogens is 382 g/mol. The molecule has 29 heavy (non-hydrogen) atoms. The second-order valence-electron chi connectivity index (χ2n) is 6.50. The number of rotatable bonds is 12. The summed E-state index contributed by atoms with van der Waals surface area (Å²) in [6, 6.07) is 8.78. The average molecular weight is 411 g/mol. The van der Waals surface area contributed by atoms with Crippen molar-refractivity contribution in [1.29, 1.82) is 0 Å². The molecule has 0 aliphatic rings. The summed E-state index contributed by atoms with van der Waals surface area (Å²) in [5, 5.41) is 51.0. The van der Waals surface area contributed by atoms with Crippen LogP contribution in [0.15, 0.2) is 36.4 Å². The molecule has 1 rings (SSSR count). The van der Waals surface area contributed by atoms with Crippen molar-refractivity contribution in [2.24, 2.45) is 0 Å². The van der Waals surface area contributed by atoms with Crippen LogP contribution in [0, 0.1) is 0 Å². The van der Waals surface area contributed by atoms with Gasteiger partial charge in [0.15, 0.2) is 0 Å². The lowest BCUT2D eigenvalue weighted by molar-refractivity contribution is -0.268. The lowest BCUT2D eigenvalue weighted by Crippen LogP contribution is -2.63. The maximum Gasteiger partial charge on any atom is 0.289 e. The zero-order valence-electron chi connectivity index (χ0n) is 16.3. The smallest absolute Gasteiger partial charge is 0.289 e. The van der Waals surface area contributed by atoms with Crippen molar-refractivity contribution in [2.75, 3.05) is 13.2 Å². The topological polar surface area (TPSA) is 157 Å². The van der Waals surface area contributed by atoms with Gasteiger partial charge in [0, 0.05) is 6.08 Å². The second kappa shape index (κ2) is 12.4. The van der Waals surface area contributed by atoms with Crippen LogP contribution in [-0.2, 0) is 14.3 Å². The van der Waals surface area contributed by atoms with Gasteiger partial charge in [-0.3, -0.25) is 14.9 Å². The fourth-order valence-corrected chi connectivity index (χ4v) is 2.39. The Bertz CT molecular complexity index is 666. The third kappa shape index (κ3) is 7.65. The highest BCUT2D eigenvalue weighted by Crippen LogP contribution is 2.20. The zero-order valence-corrected chi connectivity index (χ0v) is 16.3. The Morgan fingerprint density at radius 1 is 1.17 bits per heavy atom. The minimum absolute atomic E-state index is 0.148. The molecule has 9 heteroatoms. The molecule has 0 fully saturated rings. The summed E-state index contributed by atoms with van der Waals surface area (Å²) in [6.07, 6.45) is -1.79. The van der Waals surface area contributed by atoms with Crippen LogP contribution in [-0.4, -0.2) is 74.7 Å². The third-order valence-corrected chi connectivity index (χ3v) is 4.16. The van der Waals surface area contributed by atoms with Gasteiger partial charge in [0.25, 0.3) is 17.6 Å². The van der Waals surface area contributed by atoms with Crippen molar-refractivity contribution in [3.05, 3.63) is 42.0 Å². The number of aliphatic hydroxyl groups is 5. The fourth-order valence-electron chi connectivity index (χ4n) is 2.39. The standard InChI is InChI=1S/C20H29NO8/c1-2-3-7-12-29-20(28,18(26)17(25)15(23)13-22)19(27)21-16(24)11-10-14-8-5-4-6-9-14/h4-6,8-11,15,17-18,22-23,25-26,28H,2-3,7,12-13H2,1H3,(H,21,24,27)/t15-,17-,18+,20+/m1/s1. The molecular formula is C20H29NO8. The van der Waals surface area contributed by atoms with E-state index in [0.717, 1.165) is 12.5 Å². The SMILES string of the molecule is CCCCCO[C@](O)(C(=O)NC(=O)C=Cc1ccccc1)[C@@H](O)[C@H](O)[C@H](O)CO. The summed E-state index contributed by atoms with van der Waals surface area (Å²) >= 11 is 0.